The molecule has 1 aromatic carbocycles. The fourth-order valence-corrected chi connectivity index (χ4v) is 2.18. The van der Waals surface area contributed by atoms with Crippen LogP contribution in [0.3, 0.4) is 0 Å². The van der Waals surface area contributed by atoms with Crippen LogP contribution < -0.4 is 10.2 Å². The Labute approximate surface area is 105 Å². The maximum absolute atomic E-state index is 3.52. The minimum atomic E-state index is 0.170. The van der Waals surface area contributed by atoms with Gasteiger partial charge in [-0.3, -0.25) is 0 Å². The zero-order valence-electron chi connectivity index (χ0n) is 11.9. The summed E-state index contributed by atoms with van der Waals surface area (Å²) >= 11 is 0. The van der Waals surface area contributed by atoms with Crippen molar-refractivity contribution in [3.63, 3.8) is 0 Å². The lowest BCUT2D eigenvalue weighted by atomic mass is 9.85. The van der Waals surface area contributed by atoms with E-state index in [1.807, 2.05) is 0 Å². The molecule has 1 aliphatic heterocycles. The second-order valence-corrected chi connectivity index (χ2v) is 6.71. The number of benzene rings is 1. The number of hydrogen-bond acceptors (Lipinski definition) is 2. The molecular weight excluding hydrogens is 208 g/mol. The van der Waals surface area contributed by atoms with Crippen molar-refractivity contribution in [1.29, 1.82) is 0 Å². The molecule has 1 aromatic rings. The quantitative estimate of drug-likeness (QED) is 0.735. The summed E-state index contributed by atoms with van der Waals surface area (Å²) in [5.41, 5.74) is 4.33. The molecule has 0 aliphatic carbocycles. The molecule has 0 unspecified atom stereocenters. The maximum atomic E-state index is 3.52. The first-order valence-corrected chi connectivity index (χ1v) is 6.34. The van der Waals surface area contributed by atoms with Gasteiger partial charge in [-0.25, -0.2) is 0 Å². The van der Waals surface area contributed by atoms with E-state index in [2.05, 4.69) is 70.1 Å². The lowest BCUT2D eigenvalue weighted by Crippen LogP contribution is -2.50. The summed E-state index contributed by atoms with van der Waals surface area (Å²) in [5.74, 6) is 0. The van der Waals surface area contributed by atoms with E-state index < -0.39 is 0 Å². The van der Waals surface area contributed by atoms with E-state index in [1.54, 1.807) is 0 Å². The maximum Gasteiger partial charge on any atom is 0.0607 e. The van der Waals surface area contributed by atoms with Gasteiger partial charge < -0.3 is 10.2 Å². The zero-order valence-corrected chi connectivity index (χ0v) is 11.9. The number of nitrogens with zero attached hydrogens (tertiary/aromatic N) is 1. The number of anilines is 2. The molecule has 0 atom stereocenters. The molecule has 0 fully saturated rings. The predicted octanol–water partition coefficient (Wildman–Crippen LogP) is 3.62. The van der Waals surface area contributed by atoms with E-state index in [9.17, 15) is 0 Å². The van der Waals surface area contributed by atoms with Crippen LogP contribution in [-0.4, -0.2) is 19.1 Å². The lowest BCUT2D eigenvalue weighted by Gasteiger charge is -2.43. The van der Waals surface area contributed by atoms with Crippen molar-refractivity contribution in [1.82, 2.24) is 0 Å². The van der Waals surface area contributed by atoms with E-state index in [-0.39, 0.29) is 11.0 Å². The predicted molar refractivity (Wildman–Crippen MR) is 76.1 cm³/mol. The van der Waals surface area contributed by atoms with Gasteiger partial charge in [0.2, 0.25) is 0 Å². The highest BCUT2D eigenvalue weighted by atomic mass is 15.2. The SMILES string of the molecule is CN1c2cc(C(C)(C)C)ccc2NCC1(C)C. The van der Waals surface area contributed by atoms with Gasteiger partial charge in [0.25, 0.3) is 0 Å². The van der Waals surface area contributed by atoms with Crippen LogP contribution in [0.5, 0.6) is 0 Å². The third-order valence-corrected chi connectivity index (χ3v) is 3.84. The molecule has 1 heterocycles. The van der Waals surface area contributed by atoms with Crippen LogP contribution in [-0.2, 0) is 5.41 Å². The van der Waals surface area contributed by atoms with Gasteiger partial charge in [-0.1, -0.05) is 26.8 Å². The molecule has 2 rings (SSSR count). The van der Waals surface area contributed by atoms with Gasteiger partial charge in [0.05, 0.1) is 16.9 Å². The summed E-state index contributed by atoms with van der Waals surface area (Å²) in [4.78, 5) is 2.38. The monoisotopic (exact) mass is 232 g/mol. The molecule has 0 spiro atoms. The van der Waals surface area contributed by atoms with Gasteiger partial charge in [-0.15, -0.1) is 0 Å². The summed E-state index contributed by atoms with van der Waals surface area (Å²) in [6, 6.07) is 6.77. The molecule has 0 saturated carbocycles. The molecule has 94 valence electrons. The van der Waals surface area contributed by atoms with Crippen LogP contribution in [0.15, 0.2) is 18.2 Å². The molecule has 1 N–H and O–H groups in total. The van der Waals surface area contributed by atoms with Gasteiger partial charge in [-0.05, 0) is 37.0 Å². The third kappa shape index (κ3) is 2.13. The van der Waals surface area contributed by atoms with Crippen molar-refractivity contribution in [3.8, 4) is 0 Å². The van der Waals surface area contributed by atoms with Gasteiger partial charge in [0.1, 0.15) is 0 Å². The minimum absolute atomic E-state index is 0.170. The fraction of sp³-hybridized carbons (Fsp3) is 0.600. The van der Waals surface area contributed by atoms with E-state index >= 15 is 0 Å². The standard InChI is InChI=1S/C15H24N2/c1-14(2,3)11-7-8-12-13(9-11)17(6)15(4,5)10-16-12/h7-9,16H,10H2,1-6H3. The molecule has 2 heteroatoms. The summed E-state index contributed by atoms with van der Waals surface area (Å²) in [6.45, 7) is 12.3. The van der Waals surface area contributed by atoms with Crippen molar-refractivity contribution in [2.24, 2.45) is 0 Å². The Kier molecular flexibility index (Phi) is 2.64. The van der Waals surface area contributed by atoms with E-state index in [1.165, 1.54) is 16.9 Å². The Balaban J connectivity index is 2.48. The second kappa shape index (κ2) is 3.66. The smallest absolute Gasteiger partial charge is 0.0607 e. The van der Waals surface area contributed by atoms with Gasteiger partial charge in [0.15, 0.2) is 0 Å². The van der Waals surface area contributed by atoms with Crippen LogP contribution in [0.1, 0.15) is 40.2 Å². The van der Waals surface area contributed by atoms with Crippen LogP contribution in [0.25, 0.3) is 0 Å². The highest BCUT2D eigenvalue weighted by molar-refractivity contribution is 5.74. The van der Waals surface area contributed by atoms with Crippen LogP contribution in [0, 0.1) is 0 Å². The molecule has 1 aliphatic rings. The Morgan fingerprint density at radius 1 is 1.24 bits per heavy atom. The van der Waals surface area contributed by atoms with Gasteiger partial charge >= 0.3 is 0 Å². The minimum Gasteiger partial charge on any atom is -0.381 e. The Morgan fingerprint density at radius 3 is 2.47 bits per heavy atom. The van der Waals surface area contributed by atoms with E-state index in [0.29, 0.717) is 0 Å². The molecular formula is C15H24N2. The largest absolute Gasteiger partial charge is 0.381 e. The summed E-state index contributed by atoms with van der Waals surface area (Å²) in [7, 11) is 2.19. The Hall–Kier alpha value is -1.18. The zero-order chi connectivity index (χ0) is 12.8. The Bertz CT molecular complexity index is 427. The molecule has 0 bridgehead atoms. The van der Waals surface area contributed by atoms with Crippen molar-refractivity contribution in [2.75, 3.05) is 23.8 Å². The van der Waals surface area contributed by atoms with Crippen molar-refractivity contribution in [3.05, 3.63) is 23.8 Å². The molecule has 0 amide bonds. The van der Waals surface area contributed by atoms with Crippen molar-refractivity contribution >= 4 is 11.4 Å². The average molecular weight is 232 g/mol. The molecule has 0 saturated heterocycles. The van der Waals surface area contributed by atoms with Gasteiger partial charge in [0, 0.05) is 13.6 Å². The topological polar surface area (TPSA) is 15.3 Å². The highest BCUT2D eigenvalue weighted by Gasteiger charge is 2.30. The first-order valence-electron chi connectivity index (χ1n) is 6.34. The van der Waals surface area contributed by atoms with Crippen molar-refractivity contribution < 1.29 is 0 Å². The molecule has 17 heavy (non-hydrogen) atoms. The molecule has 2 nitrogen and oxygen atoms in total. The van der Waals surface area contributed by atoms with Gasteiger partial charge in [-0.2, -0.15) is 0 Å². The Morgan fingerprint density at radius 2 is 1.88 bits per heavy atom. The first kappa shape index (κ1) is 12.3. The highest BCUT2D eigenvalue weighted by Crippen LogP contribution is 2.37. The number of likely N-dealkylation sites (N-methyl/N-ethyl adjacent to an activating group) is 1. The third-order valence-electron chi connectivity index (χ3n) is 3.84. The summed E-state index contributed by atoms with van der Waals surface area (Å²) < 4.78 is 0. The fourth-order valence-electron chi connectivity index (χ4n) is 2.18. The number of nitrogens with one attached hydrogen (secondary N) is 1. The van der Waals surface area contributed by atoms with Crippen LogP contribution >= 0.6 is 0 Å². The first-order chi connectivity index (χ1) is 7.72. The number of rotatable bonds is 0. The molecule has 0 aromatic heterocycles. The summed E-state index contributed by atoms with van der Waals surface area (Å²) in [5, 5.41) is 3.52. The number of fused-ring (bicyclic) bond motifs is 1. The second-order valence-electron chi connectivity index (χ2n) is 6.71. The average Bonchev–Trinajstić information content (AvgIpc) is 2.22. The van der Waals surface area contributed by atoms with Crippen molar-refractivity contribution in [2.45, 2.75) is 45.6 Å². The van der Waals surface area contributed by atoms with E-state index in [0.717, 1.165) is 6.54 Å². The van der Waals surface area contributed by atoms with Crippen LogP contribution in [0.4, 0.5) is 11.4 Å². The lowest BCUT2D eigenvalue weighted by molar-refractivity contribution is 0.501. The van der Waals surface area contributed by atoms with Crippen LogP contribution in [0.2, 0.25) is 0 Å². The summed E-state index contributed by atoms with van der Waals surface area (Å²) in [6.07, 6.45) is 0. The number of hydrogen-bond donors (Lipinski definition) is 1. The molecule has 0 radical (unpaired) electrons. The van der Waals surface area contributed by atoms with E-state index in [4.69, 9.17) is 0 Å². The normalized spacial score (nSPS) is 18.6.